The van der Waals surface area contributed by atoms with Crippen LogP contribution in [0.1, 0.15) is 15.9 Å². The first-order valence-corrected chi connectivity index (χ1v) is 8.95. The number of carboxylic acids is 1. The summed E-state index contributed by atoms with van der Waals surface area (Å²) in [6.45, 7) is 1.99. The Morgan fingerprint density at radius 3 is 2.25 bits per heavy atom. The highest BCUT2D eigenvalue weighted by molar-refractivity contribution is 6.04. The Kier molecular flexibility index (Phi) is 4.45. The largest absolute Gasteiger partial charge is 0.507 e. The second-order valence-corrected chi connectivity index (χ2v) is 6.66. The van der Waals surface area contributed by atoms with Crippen LogP contribution in [-0.2, 0) is 0 Å². The lowest BCUT2D eigenvalue weighted by Gasteiger charge is -2.12. The molecule has 4 aromatic rings. The van der Waals surface area contributed by atoms with Gasteiger partial charge in [0.05, 0.1) is 11.3 Å². The van der Waals surface area contributed by atoms with Crippen LogP contribution in [0.15, 0.2) is 85.1 Å². The van der Waals surface area contributed by atoms with E-state index in [0.29, 0.717) is 16.8 Å². The van der Waals surface area contributed by atoms with Gasteiger partial charge in [-0.05, 0) is 42.3 Å². The quantitative estimate of drug-likeness (QED) is 0.498. The third kappa shape index (κ3) is 3.05. The van der Waals surface area contributed by atoms with Crippen LogP contribution in [0.25, 0.3) is 28.1 Å². The van der Waals surface area contributed by atoms with Crippen molar-refractivity contribution in [3.05, 3.63) is 96.2 Å². The van der Waals surface area contributed by atoms with Gasteiger partial charge in [0, 0.05) is 23.0 Å². The number of aromatic nitrogens is 1. The maximum Gasteiger partial charge on any atom is 0.338 e. The molecule has 0 amide bonds. The Bertz CT molecular complexity index is 1160. The van der Waals surface area contributed by atoms with E-state index in [-0.39, 0.29) is 11.3 Å². The van der Waals surface area contributed by atoms with Crippen molar-refractivity contribution in [3.63, 3.8) is 0 Å². The van der Waals surface area contributed by atoms with Gasteiger partial charge >= 0.3 is 5.97 Å². The lowest BCUT2D eigenvalue weighted by atomic mass is 9.99. The van der Waals surface area contributed by atoms with Crippen LogP contribution in [0.5, 0.6) is 5.75 Å². The Morgan fingerprint density at radius 1 is 0.857 bits per heavy atom. The molecule has 3 aromatic carbocycles. The summed E-state index contributed by atoms with van der Waals surface area (Å²) in [5, 5.41) is 20.5. The number of carboxylic acid groups (broad SMARTS) is 1. The lowest BCUT2D eigenvalue weighted by Crippen LogP contribution is -2.03. The second kappa shape index (κ2) is 7.08. The molecule has 0 saturated carbocycles. The summed E-state index contributed by atoms with van der Waals surface area (Å²) in [6, 6.07) is 24.1. The molecule has 0 spiro atoms. The van der Waals surface area contributed by atoms with Crippen LogP contribution in [0.3, 0.4) is 0 Å². The number of aromatic hydroxyl groups is 1. The van der Waals surface area contributed by atoms with Crippen molar-refractivity contribution in [2.45, 2.75) is 6.92 Å². The fourth-order valence-corrected chi connectivity index (χ4v) is 3.48. The molecule has 0 saturated heterocycles. The predicted molar refractivity (Wildman–Crippen MR) is 110 cm³/mol. The molecule has 0 radical (unpaired) electrons. The topological polar surface area (TPSA) is 62.5 Å². The highest BCUT2D eigenvalue weighted by atomic mass is 16.4. The van der Waals surface area contributed by atoms with Gasteiger partial charge in [-0.15, -0.1) is 0 Å². The zero-order valence-corrected chi connectivity index (χ0v) is 15.3. The van der Waals surface area contributed by atoms with Gasteiger partial charge in [0.1, 0.15) is 5.75 Å². The van der Waals surface area contributed by atoms with Gasteiger partial charge in [-0.3, -0.25) is 0 Å². The van der Waals surface area contributed by atoms with Gasteiger partial charge < -0.3 is 14.8 Å². The van der Waals surface area contributed by atoms with Crippen molar-refractivity contribution in [1.29, 1.82) is 0 Å². The van der Waals surface area contributed by atoms with Crippen molar-refractivity contribution in [2.24, 2.45) is 0 Å². The van der Waals surface area contributed by atoms with Crippen LogP contribution in [0, 0.1) is 6.92 Å². The number of carbonyl (C=O) groups is 1. The molecule has 0 fully saturated rings. The maximum atomic E-state index is 12.3. The molecule has 0 aliphatic rings. The highest BCUT2D eigenvalue weighted by Gasteiger charge is 2.25. The molecule has 4 heteroatoms. The molecule has 1 aromatic heterocycles. The molecule has 0 atom stereocenters. The van der Waals surface area contributed by atoms with Crippen molar-refractivity contribution in [3.8, 4) is 33.8 Å². The minimum Gasteiger partial charge on any atom is -0.507 e. The molecule has 0 unspecified atom stereocenters. The number of rotatable bonds is 4. The smallest absolute Gasteiger partial charge is 0.338 e. The van der Waals surface area contributed by atoms with Gasteiger partial charge in [-0.1, -0.05) is 54.6 Å². The zero-order chi connectivity index (χ0) is 19.7. The molecule has 0 aliphatic carbocycles. The summed E-state index contributed by atoms with van der Waals surface area (Å²) in [7, 11) is 0. The molecule has 28 heavy (non-hydrogen) atoms. The Morgan fingerprint density at radius 2 is 1.57 bits per heavy atom. The number of phenolic OH excluding ortho intramolecular Hbond substituents is 1. The summed E-state index contributed by atoms with van der Waals surface area (Å²) in [4.78, 5) is 12.3. The first kappa shape index (κ1) is 17.6. The first-order valence-electron chi connectivity index (χ1n) is 8.95. The van der Waals surface area contributed by atoms with Crippen LogP contribution in [0.4, 0.5) is 0 Å². The number of hydrogen-bond acceptors (Lipinski definition) is 2. The number of phenols is 1. The number of benzene rings is 3. The average molecular weight is 369 g/mol. The van der Waals surface area contributed by atoms with Crippen LogP contribution in [-0.4, -0.2) is 20.7 Å². The number of aromatic carboxylic acids is 1. The Hall–Kier alpha value is -3.79. The van der Waals surface area contributed by atoms with Crippen molar-refractivity contribution < 1.29 is 15.0 Å². The van der Waals surface area contributed by atoms with E-state index >= 15 is 0 Å². The standard InChI is InChI=1S/C24H19NO3/c1-16-8-7-11-18(14-16)25-15-20(17-9-3-2-4-10-17)22(24(27)28)23(25)19-12-5-6-13-21(19)26/h2-15,26H,1H3,(H,27,28). The van der Waals surface area contributed by atoms with Gasteiger partial charge in [-0.25, -0.2) is 4.79 Å². The van der Waals surface area contributed by atoms with Crippen molar-refractivity contribution >= 4 is 5.97 Å². The van der Waals surface area contributed by atoms with E-state index in [1.165, 1.54) is 0 Å². The molecule has 138 valence electrons. The monoisotopic (exact) mass is 369 g/mol. The van der Waals surface area contributed by atoms with Crippen LogP contribution >= 0.6 is 0 Å². The van der Waals surface area contributed by atoms with E-state index in [1.54, 1.807) is 24.3 Å². The SMILES string of the molecule is Cc1cccc(-n2cc(-c3ccccc3)c(C(=O)O)c2-c2ccccc2O)c1. The molecular weight excluding hydrogens is 350 g/mol. The minimum atomic E-state index is -1.04. The molecular formula is C24H19NO3. The summed E-state index contributed by atoms with van der Waals surface area (Å²) in [5.41, 5.74) is 4.40. The number of nitrogens with zero attached hydrogens (tertiary/aromatic N) is 1. The average Bonchev–Trinajstić information content (AvgIpc) is 3.10. The summed E-state index contributed by atoms with van der Waals surface area (Å²) >= 11 is 0. The lowest BCUT2D eigenvalue weighted by molar-refractivity contribution is 0.0698. The first-order chi connectivity index (χ1) is 13.6. The molecule has 4 rings (SSSR count). The zero-order valence-electron chi connectivity index (χ0n) is 15.3. The number of aryl methyl sites for hydroxylation is 1. The Labute approximate surface area is 163 Å². The van der Waals surface area contributed by atoms with E-state index in [0.717, 1.165) is 16.8 Å². The normalized spacial score (nSPS) is 10.8. The van der Waals surface area contributed by atoms with E-state index in [4.69, 9.17) is 0 Å². The third-order valence-corrected chi connectivity index (χ3v) is 4.74. The molecule has 0 aliphatic heterocycles. The summed E-state index contributed by atoms with van der Waals surface area (Å²) in [6.07, 6.45) is 1.83. The fraction of sp³-hybridized carbons (Fsp3) is 0.0417. The van der Waals surface area contributed by atoms with E-state index in [1.807, 2.05) is 72.3 Å². The number of hydrogen-bond donors (Lipinski definition) is 2. The molecule has 2 N–H and O–H groups in total. The van der Waals surface area contributed by atoms with Crippen LogP contribution in [0.2, 0.25) is 0 Å². The fourth-order valence-electron chi connectivity index (χ4n) is 3.48. The minimum absolute atomic E-state index is 0.0385. The Balaban J connectivity index is 2.11. The van der Waals surface area contributed by atoms with Crippen LogP contribution < -0.4 is 0 Å². The van der Waals surface area contributed by atoms with E-state index in [9.17, 15) is 15.0 Å². The predicted octanol–water partition coefficient (Wildman–Crippen LogP) is 5.52. The summed E-state index contributed by atoms with van der Waals surface area (Å²) < 4.78 is 1.84. The van der Waals surface area contributed by atoms with Crippen molar-refractivity contribution in [1.82, 2.24) is 4.57 Å². The van der Waals surface area contributed by atoms with Crippen molar-refractivity contribution in [2.75, 3.05) is 0 Å². The number of para-hydroxylation sites is 1. The van der Waals surface area contributed by atoms with Gasteiger partial charge in [-0.2, -0.15) is 0 Å². The molecule has 1 heterocycles. The maximum absolute atomic E-state index is 12.3. The van der Waals surface area contributed by atoms with Gasteiger partial charge in [0.2, 0.25) is 0 Å². The summed E-state index contributed by atoms with van der Waals surface area (Å²) in [5.74, 6) is -1.000. The second-order valence-electron chi connectivity index (χ2n) is 6.66. The van der Waals surface area contributed by atoms with E-state index < -0.39 is 5.97 Å². The molecule has 4 nitrogen and oxygen atoms in total. The molecule has 0 bridgehead atoms. The van der Waals surface area contributed by atoms with Gasteiger partial charge in [0.15, 0.2) is 0 Å². The third-order valence-electron chi connectivity index (χ3n) is 4.74. The highest BCUT2D eigenvalue weighted by Crippen LogP contribution is 2.40. The van der Waals surface area contributed by atoms with Gasteiger partial charge in [0.25, 0.3) is 0 Å². The van der Waals surface area contributed by atoms with E-state index in [2.05, 4.69) is 0 Å².